The smallest absolute Gasteiger partial charge is 0.308 e. The molecule has 0 aliphatic heterocycles. The summed E-state index contributed by atoms with van der Waals surface area (Å²) in [4.78, 5) is 24.9. The van der Waals surface area contributed by atoms with Gasteiger partial charge in [0.1, 0.15) is 6.29 Å². The van der Waals surface area contributed by atoms with Crippen molar-refractivity contribution in [2.24, 2.45) is 0 Å². The number of hydrogen-bond acceptors (Lipinski definition) is 5. The van der Waals surface area contributed by atoms with Crippen molar-refractivity contribution in [1.29, 1.82) is 0 Å². The van der Waals surface area contributed by atoms with Gasteiger partial charge < -0.3 is 9.05 Å². The van der Waals surface area contributed by atoms with Crippen LogP contribution in [0.1, 0.15) is 13.8 Å². The van der Waals surface area contributed by atoms with Gasteiger partial charge in [-0.25, -0.2) is 4.79 Å². The van der Waals surface area contributed by atoms with Crippen LogP contribution < -0.4 is 11.2 Å². The Balaban J connectivity index is 3.08. The van der Waals surface area contributed by atoms with E-state index in [4.69, 9.17) is 9.05 Å². The molecule has 1 N–H and O–H groups in total. The number of hydrogen-bond donors (Lipinski definition) is 1. The highest BCUT2D eigenvalue weighted by molar-refractivity contribution is 14.1. The van der Waals surface area contributed by atoms with Crippen LogP contribution in [-0.2, 0) is 19.9 Å². The van der Waals surface area contributed by atoms with E-state index in [1.54, 1.807) is 36.4 Å². The van der Waals surface area contributed by atoms with Gasteiger partial charge in [0.15, 0.2) is 0 Å². The molecule has 1 aromatic rings. The van der Waals surface area contributed by atoms with Gasteiger partial charge in [0.2, 0.25) is 0 Å². The van der Waals surface area contributed by atoms with Crippen LogP contribution in [0.25, 0.3) is 0 Å². The Bertz CT molecular complexity index is 557. The fourth-order valence-electron chi connectivity index (χ4n) is 1.29. The summed E-state index contributed by atoms with van der Waals surface area (Å²) in [5.41, 5.74) is -1.11. The third-order valence-electron chi connectivity index (χ3n) is 1.94. The molecule has 1 aromatic heterocycles. The minimum absolute atomic E-state index is 0.215. The lowest BCUT2D eigenvalue weighted by molar-refractivity contribution is 0.214. The van der Waals surface area contributed by atoms with Crippen LogP contribution in [0.5, 0.6) is 0 Å². The number of aromatic nitrogens is 2. The van der Waals surface area contributed by atoms with Gasteiger partial charge in [0.05, 0.1) is 16.8 Å². The second-order valence-electron chi connectivity index (χ2n) is 3.29. The van der Waals surface area contributed by atoms with E-state index in [0.29, 0.717) is 3.57 Å². The molecule has 0 atom stereocenters. The number of H-pyrrole nitrogens is 1. The van der Waals surface area contributed by atoms with Gasteiger partial charge >= 0.3 is 13.3 Å². The summed E-state index contributed by atoms with van der Waals surface area (Å²) in [6, 6.07) is 0. The number of halogens is 1. The Kier molecular flexibility index (Phi) is 5.77. The van der Waals surface area contributed by atoms with E-state index in [0.717, 1.165) is 4.57 Å². The summed E-state index contributed by atoms with van der Waals surface area (Å²) in [6.45, 7) is 3.80. The molecule has 0 radical (unpaired) electrons. The van der Waals surface area contributed by atoms with Gasteiger partial charge in [-0.15, -0.1) is 0 Å². The molecule has 0 spiro atoms. The molecule has 0 amide bonds. The molecule has 1 rings (SSSR count). The fourth-order valence-corrected chi connectivity index (χ4v) is 3.37. The van der Waals surface area contributed by atoms with Crippen molar-refractivity contribution in [3.8, 4) is 0 Å². The van der Waals surface area contributed by atoms with Gasteiger partial charge in [0, 0.05) is 6.20 Å². The van der Waals surface area contributed by atoms with Crippen LogP contribution in [0, 0.1) is 3.57 Å². The lowest BCUT2D eigenvalue weighted by Crippen LogP contribution is -2.31. The molecule has 0 unspecified atom stereocenters. The van der Waals surface area contributed by atoms with Crippen molar-refractivity contribution in [1.82, 2.24) is 9.55 Å². The van der Waals surface area contributed by atoms with Gasteiger partial charge in [-0.1, -0.05) is 0 Å². The van der Waals surface area contributed by atoms with Crippen LogP contribution >= 0.6 is 30.2 Å². The Labute approximate surface area is 117 Å². The van der Waals surface area contributed by atoms with Crippen LogP contribution in [0.15, 0.2) is 15.8 Å². The van der Waals surface area contributed by atoms with E-state index < -0.39 is 18.8 Å². The molecule has 0 aliphatic carbocycles. The summed E-state index contributed by atoms with van der Waals surface area (Å²) in [5, 5.41) is 0. The van der Waals surface area contributed by atoms with Crippen molar-refractivity contribution in [3.05, 3.63) is 30.6 Å². The summed E-state index contributed by atoms with van der Waals surface area (Å²) in [6.07, 6.45) is 1.10. The molecule has 0 aromatic carbocycles. The van der Waals surface area contributed by atoms with Crippen molar-refractivity contribution >= 4 is 30.2 Å². The van der Waals surface area contributed by atoms with E-state index in [-0.39, 0.29) is 19.5 Å². The van der Waals surface area contributed by atoms with Crippen molar-refractivity contribution in [2.45, 2.75) is 20.1 Å². The minimum Gasteiger partial charge on any atom is -0.308 e. The van der Waals surface area contributed by atoms with Crippen molar-refractivity contribution in [3.63, 3.8) is 0 Å². The molecule has 0 fully saturated rings. The Morgan fingerprint density at radius 1 is 1.33 bits per heavy atom. The average Bonchev–Trinajstić information content (AvgIpc) is 2.26. The maximum absolute atomic E-state index is 12.2. The standard InChI is InChI=1S/C9H14IN2O5P/c1-3-16-18(15,17-4-2)6-12-5-7(10)8(13)11-9(12)14/h5H,3-4,6H2,1-2H3,(H,11,13,14). The van der Waals surface area contributed by atoms with Gasteiger partial charge in [-0.2, -0.15) is 0 Å². The quantitative estimate of drug-likeness (QED) is 0.587. The first-order valence-corrected chi connectivity index (χ1v) is 8.10. The summed E-state index contributed by atoms with van der Waals surface area (Å²) >= 11 is 1.79. The van der Waals surface area contributed by atoms with Gasteiger partial charge in [0.25, 0.3) is 5.56 Å². The second-order valence-corrected chi connectivity index (χ2v) is 6.48. The van der Waals surface area contributed by atoms with Crippen molar-refractivity contribution in [2.75, 3.05) is 13.2 Å². The predicted molar refractivity (Wildman–Crippen MR) is 74.9 cm³/mol. The molecule has 9 heteroatoms. The minimum atomic E-state index is -3.37. The molecule has 7 nitrogen and oxygen atoms in total. The first kappa shape index (κ1) is 15.6. The SMILES string of the molecule is CCOP(=O)(Cn1cc(I)c(=O)[nH]c1=O)OCC. The molecular formula is C9H14IN2O5P. The predicted octanol–water partition coefficient (Wildman–Crippen LogP) is 1.36. The maximum Gasteiger partial charge on any atom is 0.350 e. The van der Waals surface area contributed by atoms with E-state index in [1.165, 1.54) is 6.20 Å². The van der Waals surface area contributed by atoms with Crippen LogP contribution in [0.3, 0.4) is 0 Å². The average molecular weight is 388 g/mol. The molecule has 0 aliphatic rings. The Morgan fingerprint density at radius 2 is 1.89 bits per heavy atom. The largest absolute Gasteiger partial charge is 0.350 e. The maximum atomic E-state index is 12.2. The van der Waals surface area contributed by atoms with E-state index in [1.807, 2.05) is 0 Å². The zero-order valence-electron chi connectivity index (χ0n) is 10.0. The molecular weight excluding hydrogens is 374 g/mol. The topological polar surface area (TPSA) is 90.4 Å². The van der Waals surface area contributed by atoms with E-state index in [9.17, 15) is 14.2 Å². The van der Waals surface area contributed by atoms with Crippen LogP contribution in [0.4, 0.5) is 0 Å². The highest BCUT2D eigenvalue weighted by atomic mass is 127. The number of nitrogens with one attached hydrogen (secondary N) is 1. The fraction of sp³-hybridized carbons (Fsp3) is 0.556. The Morgan fingerprint density at radius 3 is 2.39 bits per heavy atom. The summed E-state index contributed by atoms with van der Waals surface area (Å²) in [5.74, 6) is 0. The molecule has 0 saturated carbocycles. The molecule has 0 bridgehead atoms. The molecule has 102 valence electrons. The van der Waals surface area contributed by atoms with E-state index in [2.05, 4.69) is 4.98 Å². The highest BCUT2D eigenvalue weighted by Gasteiger charge is 2.25. The van der Waals surface area contributed by atoms with Gasteiger partial charge in [-0.3, -0.25) is 18.9 Å². The summed E-state index contributed by atoms with van der Waals surface area (Å²) in [7, 11) is -3.37. The third kappa shape index (κ3) is 4.04. The molecule has 18 heavy (non-hydrogen) atoms. The normalized spacial score (nSPS) is 11.7. The molecule has 0 saturated heterocycles. The first-order chi connectivity index (χ1) is 8.41. The number of aromatic amines is 1. The second kappa shape index (κ2) is 6.65. The third-order valence-corrected chi connectivity index (χ3v) is 4.67. The lowest BCUT2D eigenvalue weighted by Gasteiger charge is -2.17. The highest BCUT2D eigenvalue weighted by Crippen LogP contribution is 2.49. The first-order valence-electron chi connectivity index (χ1n) is 5.29. The zero-order valence-corrected chi connectivity index (χ0v) is 13.1. The van der Waals surface area contributed by atoms with Crippen LogP contribution in [-0.4, -0.2) is 22.8 Å². The monoisotopic (exact) mass is 388 g/mol. The number of rotatable bonds is 6. The van der Waals surface area contributed by atoms with Crippen molar-refractivity contribution < 1.29 is 13.6 Å². The van der Waals surface area contributed by atoms with E-state index >= 15 is 0 Å². The summed E-state index contributed by atoms with van der Waals surface area (Å²) < 4.78 is 23.8. The zero-order chi connectivity index (χ0) is 13.8. The van der Waals surface area contributed by atoms with Crippen LogP contribution in [0.2, 0.25) is 0 Å². The Hall–Kier alpha value is -0.440. The molecule has 1 heterocycles. The lowest BCUT2D eigenvalue weighted by atomic mass is 10.6. The number of nitrogens with zero attached hydrogens (tertiary/aromatic N) is 1. The van der Waals surface area contributed by atoms with Gasteiger partial charge in [-0.05, 0) is 36.4 Å².